The molecule has 0 aromatic heterocycles. The van der Waals surface area contributed by atoms with E-state index in [-0.39, 0.29) is 6.54 Å². The maximum Gasteiger partial charge on any atom is 0.251 e. The second kappa shape index (κ2) is 6.25. The molecule has 0 radical (unpaired) electrons. The summed E-state index contributed by atoms with van der Waals surface area (Å²) in [4.78, 5) is 0. The van der Waals surface area contributed by atoms with Gasteiger partial charge in [-0.1, -0.05) is 31.9 Å². The van der Waals surface area contributed by atoms with Crippen molar-refractivity contribution in [1.82, 2.24) is 4.72 Å². The molecule has 1 aromatic rings. The molecule has 2 N–H and O–H groups in total. The highest BCUT2D eigenvalue weighted by atomic mass is 32.2. The molecule has 0 saturated carbocycles. The van der Waals surface area contributed by atoms with Crippen LogP contribution in [0.15, 0.2) is 24.3 Å². The topological polar surface area (TPSA) is 67.4 Å². The molecule has 6 heteroatoms. The van der Waals surface area contributed by atoms with Gasteiger partial charge in [-0.2, -0.15) is 0 Å². The molecule has 0 spiro atoms. The Bertz CT molecular complexity index is 516. The molecule has 0 amide bonds. The Morgan fingerprint density at radius 2 is 2.16 bits per heavy atom. The first-order valence-corrected chi connectivity index (χ1v) is 8.16. The summed E-state index contributed by atoms with van der Waals surface area (Å²) >= 11 is 0. The number of benzene rings is 1. The Balaban J connectivity index is 1.96. The SMILES string of the molecule is CCCCCNS(=O)(=O)C1CNc2ccccc2O1. The van der Waals surface area contributed by atoms with E-state index in [0.717, 1.165) is 24.9 Å². The molecular weight excluding hydrogens is 264 g/mol. The normalized spacial score (nSPS) is 18.3. The van der Waals surface area contributed by atoms with Crippen LogP contribution in [0.3, 0.4) is 0 Å². The number of hydrogen-bond donors (Lipinski definition) is 2. The summed E-state index contributed by atoms with van der Waals surface area (Å²) in [5.74, 6) is 0.581. The molecule has 0 saturated heterocycles. The molecule has 106 valence electrons. The predicted molar refractivity (Wildman–Crippen MR) is 75.8 cm³/mol. The monoisotopic (exact) mass is 284 g/mol. The van der Waals surface area contributed by atoms with E-state index in [1.807, 2.05) is 18.2 Å². The number of rotatable bonds is 6. The molecule has 0 fully saturated rings. The number of unbranched alkanes of at least 4 members (excludes halogenated alkanes) is 2. The van der Waals surface area contributed by atoms with Gasteiger partial charge in [-0.25, -0.2) is 13.1 Å². The number of anilines is 1. The summed E-state index contributed by atoms with van der Waals surface area (Å²) in [5.41, 5.74) is -0.0380. The van der Waals surface area contributed by atoms with Crippen molar-refractivity contribution >= 4 is 15.7 Å². The zero-order chi connectivity index (χ0) is 13.7. The van der Waals surface area contributed by atoms with Gasteiger partial charge in [-0.3, -0.25) is 0 Å². The van der Waals surface area contributed by atoms with E-state index < -0.39 is 15.5 Å². The number of fused-ring (bicyclic) bond motifs is 1. The van der Waals surface area contributed by atoms with Gasteiger partial charge in [0.2, 0.25) is 5.44 Å². The molecule has 0 aliphatic carbocycles. The Hall–Kier alpha value is -1.27. The molecule has 1 unspecified atom stereocenters. The molecule has 19 heavy (non-hydrogen) atoms. The lowest BCUT2D eigenvalue weighted by Gasteiger charge is -2.27. The minimum atomic E-state index is -3.44. The van der Waals surface area contributed by atoms with Crippen molar-refractivity contribution in [3.63, 3.8) is 0 Å². The van der Waals surface area contributed by atoms with Crippen molar-refractivity contribution in [2.75, 3.05) is 18.4 Å². The molecule has 0 bridgehead atoms. The Morgan fingerprint density at radius 3 is 2.95 bits per heavy atom. The highest BCUT2D eigenvalue weighted by Crippen LogP contribution is 2.29. The van der Waals surface area contributed by atoms with E-state index in [1.54, 1.807) is 6.07 Å². The number of nitrogens with one attached hydrogen (secondary N) is 2. The highest BCUT2D eigenvalue weighted by Gasteiger charge is 2.30. The van der Waals surface area contributed by atoms with Crippen LogP contribution in [0.1, 0.15) is 26.2 Å². The lowest BCUT2D eigenvalue weighted by Crippen LogP contribution is -2.44. The number of ether oxygens (including phenoxy) is 1. The highest BCUT2D eigenvalue weighted by molar-refractivity contribution is 7.90. The second-order valence-corrected chi connectivity index (χ2v) is 6.48. The van der Waals surface area contributed by atoms with Gasteiger partial charge in [0.15, 0.2) is 0 Å². The average Bonchev–Trinajstić information content (AvgIpc) is 2.43. The lowest BCUT2D eigenvalue weighted by molar-refractivity contribution is 0.274. The molecule has 1 aromatic carbocycles. The molecule has 1 heterocycles. The van der Waals surface area contributed by atoms with E-state index in [2.05, 4.69) is 17.0 Å². The van der Waals surface area contributed by atoms with Crippen molar-refractivity contribution in [3.8, 4) is 5.75 Å². The minimum absolute atomic E-state index is 0.264. The third-order valence-electron chi connectivity index (χ3n) is 3.03. The second-order valence-electron chi connectivity index (χ2n) is 4.57. The smallest absolute Gasteiger partial charge is 0.251 e. The van der Waals surface area contributed by atoms with Gasteiger partial charge < -0.3 is 10.1 Å². The van der Waals surface area contributed by atoms with Gasteiger partial charge in [-0.15, -0.1) is 0 Å². The van der Waals surface area contributed by atoms with Crippen LogP contribution in [0.2, 0.25) is 0 Å². The fourth-order valence-corrected chi connectivity index (χ4v) is 3.10. The quantitative estimate of drug-likeness (QED) is 0.783. The van der Waals surface area contributed by atoms with Crippen LogP contribution in [0, 0.1) is 0 Å². The third-order valence-corrected chi connectivity index (χ3v) is 4.60. The Kier molecular flexibility index (Phi) is 4.66. The van der Waals surface area contributed by atoms with Crippen LogP contribution in [-0.4, -0.2) is 26.9 Å². The summed E-state index contributed by atoms with van der Waals surface area (Å²) in [6, 6.07) is 7.34. The minimum Gasteiger partial charge on any atom is -0.469 e. The van der Waals surface area contributed by atoms with E-state index in [0.29, 0.717) is 12.3 Å². The first-order valence-electron chi connectivity index (χ1n) is 6.61. The molecule has 2 rings (SSSR count). The van der Waals surface area contributed by atoms with E-state index in [1.165, 1.54) is 0 Å². The number of hydrogen-bond acceptors (Lipinski definition) is 4. The Morgan fingerprint density at radius 1 is 1.37 bits per heavy atom. The summed E-state index contributed by atoms with van der Waals surface area (Å²) in [6.07, 6.45) is 2.94. The van der Waals surface area contributed by atoms with Gasteiger partial charge in [-0.05, 0) is 18.6 Å². The summed E-state index contributed by atoms with van der Waals surface area (Å²) < 4.78 is 32.3. The van der Waals surface area contributed by atoms with Gasteiger partial charge >= 0.3 is 0 Å². The number of para-hydroxylation sites is 2. The average molecular weight is 284 g/mol. The number of sulfonamides is 1. The fraction of sp³-hybridized carbons (Fsp3) is 0.538. The zero-order valence-electron chi connectivity index (χ0n) is 11.1. The summed E-state index contributed by atoms with van der Waals surface area (Å²) in [6.45, 7) is 2.82. The van der Waals surface area contributed by atoms with Gasteiger partial charge in [0.25, 0.3) is 10.0 Å². The standard InChI is InChI=1S/C13H20N2O3S/c1-2-3-6-9-15-19(16,17)13-10-14-11-7-4-5-8-12(11)18-13/h4-5,7-8,13-15H,2-3,6,9-10H2,1H3. The molecular formula is C13H20N2O3S. The fourth-order valence-electron chi connectivity index (χ4n) is 1.95. The zero-order valence-corrected chi connectivity index (χ0v) is 11.9. The van der Waals surface area contributed by atoms with Crippen molar-refractivity contribution in [1.29, 1.82) is 0 Å². The third kappa shape index (κ3) is 3.61. The van der Waals surface area contributed by atoms with E-state index in [4.69, 9.17) is 4.74 Å². The largest absolute Gasteiger partial charge is 0.469 e. The van der Waals surface area contributed by atoms with Crippen molar-refractivity contribution in [2.24, 2.45) is 0 Å². The molecule has 1 atom stereocenters. The van der Waals surface area contributed by atoms with E-state index >= 15 is 0 Å². The molecule has 1 aliphatic heterocycles. The van der Waals surface area contributed by atoms with Crippen LogP contribution in [0.25, 0.3) is 0 Å². The van der Waals surface area contributed by atoms with Gasteiger partial charge in [0, 0.05) is 6.54 Å². The maximum atomic E-state index is 12.1. The maximum absolute atomic E-state index is 12.1. The summed E-state index contributed by atoms with van der Waals surface area (Å²) in [7, 11) is -3.44. The summed E-state index contributed by atoms with van der Waals surface area (Å²) in [5, 5.41) is 3.08. The van der Waals surface area contributed by atoms with Crippen LogP contribution in [-0.2, 0) is 10.0 Å². The molecule has 1 aliphatic rings. The first-order chi connectivity index (χ1) is 9.13. The van der Waals surface area contributed by atoms with Crippen molar-refractivity contribution in [3.05, 3.63) is 24.3 Å². The predicted octanol–water partition coefficient (Wildman–Crippen LogP) is 1.93. The molecule has 5 nitrogen and oxygen atoms in total. The van der Waals surface area contributed by atoms with Crippen LogP contribution < -0.4 is 14.8 Å². The van der Waals surface area contributed by atoms with Gasteiger partial charge in [0.05, 0.1) is 12.2 Å². The van der Waals surface area contributed by atoms with Crippen molar-refractivity contribution < 1.29 is 13.2 Å². The first kappa shape index (κ1) is 14.1. The van der Waals surface area contributed by atoms with Gasteiger partial charge in [0.1, 0.15) is 5.75 Å². The lowest BCUT2D eigenvalue weighted by atomic mass is 10.2. The van der Waals surface area contributed by atoms with Crippen molar-refractivity contribution in [2.45, 2.75) is 31.6 Å². The van der Waals surface area contributed by atoms with Crippen LogP contribution in [0.4, 0.5) is 5.69 Å². The van der Waals surface area contributed by atoms with Crippen LogP contribution in [0.5, 0.6) is 5.75 Å². The van der Waals surface area contributed by atoms with E-state index in [9.17, 15) is 8.42 Å². The van der Waals surface area contributed by atoms with Crippen LogP contribution >= 0.6 is 0 Å². The Labute approximate surface area is 114 Å².